The van der Waals surface area contributed by atoms with Crippen molar-refractivity contribution < 1.29 is 10.2 Å². The molecular formula is C16H14N2O2. The van der Waals surface area contributed by atoms with Crippen LogP contribution in [0.2, 0.25) is 0 Å². The molecule has 0 radical (unpaired) electrons. The third-order valence-electron chi connectivity index (χ3n) is 3.10. The van der Waals surface area contributed by atoms with Crippen LogP contribution in [0.3, 0.4) is 0 Å². The molecule has 0 spiro atoms. The van der Waals surface area contributed by atoms with Crippen LogP contribution < -0.4 is 0 Å². The van der Waals surface area contributed by atoms with Gasteiger partial charge in [0.05, 0.1) is 12.0 Å². The topological polar surface area (TPSA) is 58.3 Å². The first-order valence-electron chi connectivity index (χ1n) is 6.30. The Bertz CT molecular complexity index is 700. The highest BCUT2D eigenvalue weighted by Crippen LogP contribution is 2.20. The van der Waals surface area contributed by atoms with Gasteiger partial charge in [0, 0.05) is 18.3 Å². The molecule has 0 amide bonds. The first kappa shape index (κ1) is 12.3. The van der Waals surface area contributed by atoms with E-state index in [4.69, 9.17) is 0 Å². The number of aromatic hydroxyl groups is 2. The van der Waals surface area contributed by atoms with Crippen molar-refractivity contribution in [1.29, 1.82) is 0 Å². The quantitative estimate of drug-likeness (QED) is 0.766. The van der Waals surface area contributed by atoms with Crippen molar-refractivity contribution in [2.45, 2.75) is 6.54 Å². The Morgan fingerprint density at radius 1 is 0.850 bits per heavy atom. The van der Waals surface area contributed by atoms with Gasteiger partial charge < -0.3 is 14.8 Å². The molecule has 0 saturated heterocycles. The lowest BCUT2D eigenvalue weighted by Gasteiger charge is -2.02. The number of hydrogen-bond donors (Lipinski definition) is 2. The summed E-state index contributed by atoms with van der Waals surface area (Å²) in [6.07, 6.45) is 3.73. The van der Waals surface area contributed by atoms with E-state index >= 15 is 0 Å². The minimum absolute atomic E-state index is 0.247. The van der Waals surface area contributed by atoms with Crippen LogP contribution in [0, 0.1) is 0 Å². The summed E-state index contributed by atoms with van der Waals surface area (Å²) in [5.41, 5.74) is 2.92. The number of phenolic OH excluding ortho intramolecular Hbond substituents is 2. The average molecular weight is 266 g/mol. The van der Waals surface area contributed by atoms with Crippen molar-refractivity contribution in [3.63, 3.8) is 0 Å². The number of rotatable bonds is 3. The fraction of sp³-hybridized carbons (Fsp3) is 0.0625. The van der Waals surface area contributed by atoms with Gasteiger partial charge >= 0.3 is 0 Å². The zero-order valence-corrected chi connectivity index (χ0v) is 10.8. The van der Waals surface area contributed by atoms with Gasteiger partial charge in [-0.05, 0) is 42.0 Å². The molecule has 0 unspecified atom stereocenters. The first-order valence-corrected chi connectivity index (χ1v) is 6.30. The van der Waals surface area contributed by atoms with Crippen LogP contribution in [-0.4, -0.2) is 19.8 Å². The molecule has 20 heavy (non-hydrogen) atoms. The molecule has 0 atom stereocenters. The average Bonchev–Trinajstić information content (AvgIpc) is 2.91. The second-order valence-corrected chi connectivity index (χ2v) is 4.64. The van der Waals surface area contributed by atoms with Crippen molar-refractivity contribution in [1.82, 2.24) is 9.55 Å². The number of benzene rings is 2. The van der Waals surface area contributed by atoms with Crippen LogP contribution >= 0.6 is 0 Å². The summed E-state index contributed by atoms with van der Waals surface area (Å²) in [7, 11) is 0. The number of hydrogen-bond acceptors (Lipinski definition) is 3. The highest BCUT2D eigenvalue weighted by atomic mass is 16.3. The maximum absolute atomic E-state index is 9.28. The van der Waals surface area contributed by atoms with E-state index in [0.717, 1.165) is 16.8 Å². The Labute approximate surface area is 116 Å². The SMILES string of the molecule is Oc1ccc(Cn2cnc(-c3ccc(O)cc3)c2)cc1. The lowest BCUT2D eigenvalue weighted by Crippen LogP contribution is -1.95. The summed E-state index contributed by atoms with van der Waals surface area (Å²) in [6, 6.07) is 14.1. The molecule has 0 saturated carbocycles. The van der Waals surface area contributed by atoms with Gasteiger partial charge in [0.15, 0.2) is 0 Å². The van der Waals surface area contributed by atoms with Gasteiger partial charge in [-0.25, -0.2) is 4.98 Å². The predicted octanol–water partition coefficient (Wildman–Crippen LogP) is 3.01. The molecule has 0 aliphatic rings. The van der Waals surface area contributed by atoms with Gasteiger partial charge in [0.1, 0.15) is 11.5 Å². The molecule has 4 heteroatoms. The lowest BCUT2D eigenvalue weighted by molar-refractivity contribution is 0.474. The standard InChI is InChI=1S/C16H14N2O2/c19-14-5-1-12(2-6-14)9-18-10-16(17-11-18)13-3-7-15(20)8-4-13/h1-8,10-11,19-20H,9H2. The van der Waals surface area contributed by atoms with Crippen LogP contribution in [0.25, 0.3) is 11.3 Å². The summed E-state index contributed by atoms with van der Waals surface area (Å²) in [5, 5.41) is 18.5. The zero-order valence-electron chi connectivity index (χ0n) is 10.8. The Morgan fingerprint density at radius 2 is 1.45 bits per heavy atom. The van der Waals surface area contributed by atoms with Crippen LogP contribution in [0.5, 0.6) is 11.5 Å². The Kier molecular flexibility index (Phi) is 3.13. The molecular weight excluding hydrogens is 252 g/mol. The van der Waals surface area contributed by atoms with Gasteiger partial charge in [-0.1, -0.05) is 12.1 Å². The van der Waals surface area contributed by atoms with E-state index in [1.165, 1.54) is 0 Å². The van der Waals surface area contributed by atoms with E-state index in [9.17, 15) is 10.2 Å². The molecule has 100 valence electrons. The highest BCUT2D eigenvalue weighted by molar-refractivity contribution is 5.59. The molecule has 0 aliphatic carbocycles. The molecule has 0 fully saturated rings. The largest absolute Gasteiger partial charge is 0.508 e. The Hall–Kier alpha value is -2.75. The number of nitrogens with zero attached hydrogens (tertiary/aromatic N) is 2. The van der Waals surface area contributed by atoms with Gasteiger partial charge in [0.25, 0.3) is 0 Å². The third-order valence-corrected chi connectivity index (χ3v) is 3.10. The normalized spacial score (nSPS) is 10.6. The third kappa shape index (κ3) is 2.64. The summed E-state index contributed by atoms with van der Waals surface area (Å²) < 4.78 is 1.98. The Morgan fingerprint density at radius 3 is 2.10 bits per heavy atom. The van der Waals surface area contributed by atoms with E-state index in [1.807, 2.05) is 35.0 Å². The van der Waals surface area contributed by atoms with Crippen molar-refractivity contribution >= 4 is 0 Å². The first-order chi connectivity index (χ1) is 9.70. The van der Waals surface area contributed by atoms with E-state index in [1.54, 1.807) is 30.6 Å². The van der Waals surface area contributed by atoms with Crippen LogP contribution in [-0.2, 0) is 6.54 Å². The minimum Gasteiger partial charge on any atom is -0.508 e. The minimum atomic E-state index is 0.247. The maximum atomic E-state index is 9.28. The van der Waals surface area contributed by atoms with Crippen molar-refractivity contribution in [3.8, 4) is 22.8 Å². The number of aromatic nitrogens is 2. The summed E-state index contributed by atoms with van der Waals surface area (Å²) in [6.45, 7) is 0.700. The van der Waals surface area contributed by atoms with Crippen molar-refractivity contribution in [2.24, 2.45) is 0 Å². The van der Waals surface area contributed by atoms with Crippen LogP contribution in [0.15, 0.2) is 61.1 Å². The van der Waals surface area contributed by atoms with Crippen molar-refractivity contribution in [3.05, 3.63) is 66.6 Å². The van der Waals surface area contributed by atoms with E-state index < -0.39 is 0 Å². The van der Waals surface area contributed by atoms with E-state index in [0.29, 0.717) is 6.54 Å². The molecule has 0 aliphatic heterocycles. The summed E-state index contributed by atoms with van der Waals surface area (Å²) in [4.78, 5) is 4.36. The van der Waals surface area contributed by atoms with Gasteiger partial charge in [0.2, 0.25) is 0 Å². The van der Waals surface area contributed by atoms with E-state index in [2.05, 4.69) is 4.98 Å². The van der Waals surface area contributed by atoms with Gasteiger partial charge in [-0.2, -0.15) is 0 Å². The van der Waals surface area contributed by atoms with Crippen molar-refractivity contribution in [2.75, 3.05) is 0 Å². The molecule has 3 rings (SSSR count). The second-order valence-electron chi connectivity index (χ2n) is 4.64. The molecule has 1 aromatic heterocycles. The molecule has 1 heterocycles. The van der Waals surface area contributed by atoms with Gasteiger partial charge in [-0.3, -0.25) is 0 Å². The van der Waals surface area contributed by atoms with E-state index in [-0.39, 0.29) is 11.5 Å². The highest BCUT2D eigenvalue weighted by Gasteiger charge is 2.03. The Balaban J connectivity index is 1.80. The molecule has 4 nitrogen and oxygen atoms in total. The molecule has 2 aromatic carbocycles. The smallest absolute Gasteiger partial charge is 0.115 e. The fourth-order valence-corrected chi connectivity index (χ4v) is 2.04. The molecule has 0 bridgehead atoms. The zero-order chi connectivity index (χ0) is 13.9. The van der Waals surface area contributed by atoms with Crippen LogP contribution in [0.1, 0.15) is 5.56 Å². The number of imidazole rings is 1. The van der Waals surface area contributed by atoms with Gasteiger partial charge in [-0.15, -0.1) is 0 Å². The number of phenols is 2. The lowest BCUT2D eigenvalue weighted by atomic mass is 10.1. The monoisotopic (exact) mass is 266 g/mol. The maximum Gasteiger partial charge on any atom is 0.115 e. The van der Waals surface area contributed by atoms with Crippen LogP contribution in [0.4, 0.5) is 0 Å². The fourth-order valence-electron chi connectivity index (χ4n) is 2.04. The molecule has 3 aromatic rings. The summed E-state index contributed by atoms with van der Waals surface area (Å²) in [5.74, 6) is 0.515. The second kappa shape index (κ2) is 5.09. The predicted molar refractivity (Wildman–Crippen MR) is 76.5 cm³/mol. The summed E-state index contributed by atoms with van der Waals surface area (Å²) >= 11 is 0. The molecule has 2 N–H and O–H groups in total.